The van der Waals surface area contributed by atoms with Crippen LogP contribution >= 0.6 is 0 Å². The van der Waals surface area contributed by atoms with Gasteiger partial charge in [0.15, 0.2) is 0 Å². The van der Waals surface area contributed by atoms with Crippen LogP contribution in [0.15, 0.2) is 24.5 Å². The van der Waals surface area contributed by atoms with Crippen molar-refractivity contribution >= 4 is 23.3 Å². The van der Waals surface area contributed by atoms with E-state index < -0.39 is 0 Å². The molecule has 6 heteroatoms. The second-order valence-electron chi connectivity index (χ2n) is 4.34. The number of piperidine rings is 1. The quantitative estimate of drug-likeness (QED) is 0.712. The van der Waals surface area contributed by atoms with E-state index in [9.17, 15) is 9.59 Å². The van der Waals surface area contributed by atoms with Gasteiger partial charge in [0.1, 0.15) is 0 Å². The molecule has 1 saturated heterocycles. The summed E-state index contributed by atoms with van der Waals surface area (Å²) in [5, 5.41) is 2.36. The number of rotatable bonds is 1. The molecule has 0 spiro atoms. The minimum absolute atomic E-state index is 0.212. The summed E-state index contributed by atoms with van der Waals surface area (Å²) >= 11 is 0. The Bertz CT molecular complexity index is 647. The lowest BCUT2D eigenvalue weighted by Gasteiger charge is -2.21. The van der Waals surface area contributed by atoms with Crippen molar-refractivity contribution < 1.29 is 9.59 Å². The Balaban J connectivity index is 2.09. The van der Waals surface area contributed by atoms with Crippen molar-refractivity contribution in [2.45, 2.75) is 18.8 Å². The SMILES string of the molecule is Nc1ncc2c(C3CCC(=O)NC3=O)cccn12. The number of hydrogen-bond donors (Lipinski definition) is 2. The highest BCUT2D eigenvalue weighted by Gasteiger charge is 2.29. The van der Waals surface area contributed by atoms with Gasteiger partial charge in [-0.15, -0.1) is 0 Å². The lowest BCUT2D eigenvalue weighted by molar-refractivity contribution is -0.134. The van der Waals surface area contributed by atoms with Gasteiger partial charge in [-0.1, -0.05) is 6.07 Å². The van der Waals surface area contributed by atoms with E-state index in [1.807, 2.05) is 12.1 Å². The summed E-state index contributed by atoms with van der Waals surface area (Å²) in [6.45, 7) is 0. The monoisotopic (exact) mass is 244 g/mol. The molecule has 3 N–H and O–H groups in total. The van der Waals surface area contributed by atoms with Crippen LogP contribution in [0.1, 0.15) is 24.3 Å². The Morgan fingerprint density at radius 3 is 3.06 bits per heavy atom. The first-order valence-electron chi connectivity index (χ1n) is 5.72. The number of hydrogen-bond acceptors (Lipinski definition) is 4. The smallest absolute Gasteiger partial charge is 0.234 e. The maximum Gasteiger partial charge on any atom is 0.234 e. The van der Waals surface area contributed by atoms with Crippen LogP contribution in [0.3, 0.4) is 0 Å². The second-order valence-corrected chi connectivity index (χ2v) is 4.34. The van der Waals surface area contributed by atoms with Crippen molar-refractivity contribution in [3.8, 4) is 0 Å². The number of nitrogens with zero attached hydrogens (tertiary/aromatic N) is 2. The Morgan fingerprint density at radius 1 is 1.44 bits per heavy atom. The lowest BCUT2D eigenvalue weighted by atomic mass is 9.90. The number of amides is 2. The fourth-order valence-electron chi connectivity index (χ4n) is 2.35. The van der Waals surface area contributed by atoms with Crippen LogP contribution in [0.5, 0.6) is 0 Å². The van der Waals surface area contributed by atoms with Crippen LogP contribution < -0.4 is 11.1 Å². The van der Waals surface area contributed by atoms with Crippen LogP contribution in [-0.4, -0.2) is 21.2 Å². The molecular weight excluding hydrogens is 232 g/mol. The van der Waals surface area contributed by atoms with Crippen LogP contribution in [0, 0.1) is 0 Å². The number of anilines is 1. The van der Waals surface area contributed by atoms with Crippen LogP contribution in [0.25, 0.3) is 5.52 Å². The molecule has 0 radical (unpaired) electrons. The molecule has 2 aromatic rings. The van der Waals surface area contributed by atoms with E-state index in [-0.39, 0.29) is 17.7 Å². The summed E-state index contributed by atoms with van der Waals surface area (Å²) in [5.41, 5.74) is 7.39. The van der Waals surface area contributed by atoms with Crippen molar-refractivity contribution in [3.05, 3.63) is 30.1 Å². The van der Waals surface area contributed by atoms with Crippen molar-refractivity contribution in [2.24, 2.45) is 0 Å². The maximum absolute atomic E-state index is 11.9. The third kappa shape index (κ3) is 1.54. The normalized spacial score (nSPS) is 20.1. The zero-order valence-electron chi connectivity index (χ0n) is 9.59. The average Bonchev–Trinajstić information content (AvgIpc) is 2.72. The Labute approximate surface area is 103 Å². The van der Waals surface area contributed by atoms with Gasteiger partial charge in [0.2, 0.25) is 17.8 Å². The average molecular weight is 244 g/mol. The molecule has 2 amide bonds. The molecule has 0 aliphatic carbocycles. The summed E-state index contributed by atoms with van der Waals surface area (Å²) in [5.74, 6) is -0.392. The molecule has 0 aromatic carbocycles. The predicted molar refractivity (Wildman–Crippen MR) is 64.7 cm³/mol. The highest BCUT2D eigenvalue weighted by Crippen LogP contribution is 2.28. The molecule has 1 unspecified atom stereocenters. The zero-order chi connectivity index (χ0) is 12.7. The molecular formula is C12H12N4O2. The molecule has 92 valence electrons. The third-order valence-electron chi connectivity index (χ3n) is 3.25. The second kappa shape index (κ2) is 3.83. The van der Waals surface area contributed by atoms with E-state index in [4.69, 9.17) is 5.73 Å². The molecule has 0 bridgehead atoms. The number of nitrogens with one attached hydrogen (secondary N) is 1. The number of nitrogens with two attached hydrogens (primary N) is 1. The molecule has 1 atom stereocenters. The first-order chi connectivity index (χ1) is 8.66. The van der Waals surface area contributed by atoms with Crippen LogP contribution in [0.2, 0.25) is 0 Å². The maximum atomic E-state index is 11.9. The number of nitrogen functional groups attached to an aromatic ring is 1. The molecule has 0 saturated carbocycles. The largest absolute Gasteiger partial charge is 0.369 e. The van der Waals surface area contributed by atoms with E-state index in [0.29, 0.717) is 18.8 Å². The first kappa shape index (κ1) is 10.8. The van der Waals surface area contributed by atoms with Crippen LogP contribution in [-0.2, 0) is 9.59 Å². The summed E-state index contributed by atoms with van der Waals surface area (Å²) in [7, 11) is 0. The fraction of sp³-hybridized carbons (Fsp3) is 0.250. The molecule has 2 aromatic heterocycles. The van der Waals surface area contributed by atoms with E-state index in [1.165, 1.54) is 0 Å². The van der Waals surface area contributed by atoms with Gasteiger partial charge in [0.05, 0.1) is 17.6 Å². The zero-order valence-corrected chi connectivity index (χ0v) is 9.59. The minimum atomic E-state index is -0.317. The van der Waals surface area contributed by atoms with Crippen molar-refractivity contribution in [3.63, 3.8) is 0 Å². The Kier molecular flexibility index (Phi) is 2.29. The summed E-state index contributed by atoms with van der Waals surface area (Å²) < 4.78 is 1.74. The van der Waals surface area contributed by atoms with Gasteiger partial charge in [-0.2, -0.15) is 0 Å². The number of imide groups is 1. The van der Waals surface area contributed by atoms with E-state index in [0.717, 1.165) is 11.1 Å². The number of pyridine rings is 1. The number of fused-ring (bicyclic) bond motifs is 1. The van der Waals surface area contributed by atoms with E-state index in [1.54, 1.807) is 16.8 Å². The predicted octanol–water partition coefficient (Wildman–Crippen LogP) is 0.437. The first-order valence-corrected chi connectivity index (χ1v) is 5.72. The highest BCUT2D eigenvalue weighted by molar-refractivity contribution is 6.01. The minimum Gasteiger partial charge on any atom is -0.369 e. The molecule has 1 aliphatic heterocycles. The topological polar surface area (TPSA) is 89.5 Å². The molecule has 1 fully saturated rings. The summed E-state index contributed by atoms with van der Waals surface area (Å²) in [6.07, 6.45) is 4.33. The highest BCUT2D eigenvalue weighted by atomic mass is 16.2. The van der Waals surface area contributed by atoms with Crippen molar-refractivity contribution in [2.75, 3.05) is 5.73 Å². The van der Waals surface area contributed by atoms with Gasteiger partial charge >= 0.3 is 0 Å². The summed E-state index contributed by atoms with van der Waals surface area (Å²) in [4.78, 5) is 27.0. The van der Waals surface area contributed by atoms with Gasteiger partial charge in [-0.3, -0.25) is 19.3 Å². The fourth-order valence-corrected chi connectivity index (χ4v) is 2.35. The van der Waals surface area contributed by atoms with Gasteiger partial charge in [0.25, 0.3) is 0 Å². The summed E-state index contributed by atoms with van der Waals surface area (Å²) in [6, 6.07) is 3.70. The molecule has 6 nitrogen and oxygen atoms in total. The molecule has 1 aliphatic rings. The number of aromatic nitrogens is 2. The van der Waals surface area contributed by atoms with Gasteiger partial charge < -0.3 is 5.73 Å². The molecule has 18 heavy (non-hydrogen) atoms. The Hall–Kier alpha value is -2.37. The van der Waals surface area contributed by atoms with Gasteiger partial charge in [0, 0.05) is 12.6 Å². The number of carbonyl (C=O) groups excluding carboxylic acids is 2. The standard InChI is InChI=1S/C12H12N4O2/c13-12-14-6-9-7(2-1-5-16(9)12)8-3-4-10(17)15-11(8)18/h1-2,5-6,8H,3-4H2,(H2,13,14)(H,15,17,18). The van der Waals surface area contributed by atoms with E-state index >= 15 is 0 Å². The lowest BCUT2D eigenvalue weighted by Crippen LogP contribution is -2.39. The van der Waals surface area contributed by atoms with Crippen molar-refractivity contribution in [1.82, 2.24) is 14.7 Å². The number of imidazole rings is 1. The number of carbonyl (C=O) groups is 2. The van der Waals surface area contributed by atoms with Gasteiger partial charge in [-0.05, 0) is 18.1 Å². The van der Waals surface area contributed by atoms with Gasteiger partial charge in [-0.25, -0.2) is 4.98 Å². The van der Waals surface area contributed by atoms with Crippen LogP contribution in [0.4, 0.5) is 5.95 Å². The van der Waals surface area contributed by atoms with E-state index in [2.05, 4.69) is 10.3 Å². The van der Waals surface area contributed by atoms with Crippen molar-refractivity contribution in [1.29, 1.82) is 0 Å². The molecule has 3 rings (SSSR count). The molecule has 3 heterocycles. The third-order valence-corrected chi connectivity index (χ3v) is 3.25. The Morgan fingerprint density at radius 2 is 2.28 bits per heavy atom.